The van der Waals surface area contributed by atoms with Crippen molar-refractivity contribution in [3.63, 3.8) is 0 Å². The van der Waals surface area contributed by atoms with Gasteiger partial charge < -0.3 is 16.0 Å². The quantitative estimate of drug-likeness (QED) is 0.665. The summed E-state index contributed by atoms with van der Waals surface area (Å²) in [6.07, 6.45) is 2.80. The van der Waals surface area contributed by atoms with Gasteiger partial charge in [0.05, 0.1) is 4.88 Å². The number of benzene rings is 1. The maximum Gasteiger partial charge on any atom is 0.265 e. The third-order valence-electron chi connectivity index (χ3n) is 4.85. The lowest BCUT2D eigenvalue weighted by atomic mass is 9.84. The summed E-state index contributed by atoms with van der Waals surface area (Å²) >= 11 is 1.40. The Kier molecular flexibility index (Phi) is 8.28. The van der Waals surface area contributed by atoms with E-state index in [9.17, 15) is 9.59 Å². The Balaban J connectivity index is 0.00000261. The normalized spacial score (nSPS) is 15.4. The van der Waals surface area contributed by atoms with Gasteiger partial charge in [-0.1, -0.05) is 19.1 Å². The topological polar surface area (TPSA) is 70.2 Å². The zero-order valence-electron chi connectivity index (χ0n) is 15.4. The number of amides is 2. The Bertz CT molecular complexity index is 745. The van der Waals surface area contributed by atoms with E-state index in [1.54, 1.807) is 12.1 Å². The zero-order chi connectivity index (χ0) is 18.4. The lowest BCUT2D eigenvalue weighted by Crippen LogP contribution is -2.32. The minimum atomic E-state index is -0.136. The van der Waals surface area contributed by atoms with Gasteiger partial charge in [-0.25, -0.2) is 0 Å². The van der Waals surface area contributed by atoms with Crippen LogP contribution in [0.2, 0.25) is 0 Å². The lowest BCUT2D eigenvalue weighted by molar-refractivity contribution is -0.117. The van der Waals surface area contributed by atoms with Gasteiger partial charge in [-0.2, -0.15) is 0 Å². The second-order valence-electron chi connectivity index (χ2n) is 6.83. The van der Waals surface area contributed by atoms with Gasteiger partial charge in [0, 0.05) is 17.8 Å². The number of thiophene rings is 1. The minimum absolute atomic E-state index is 0. The van der Waals surface area contributed by atoms with Crippen LogP contribution in [0.3, 0.4) is 0 Å². The largest absolute Gasteiger partial charge is 0.326 e. The van der Waals surface area contributed by atoms with E-state index < -0.39 is 0 Å². The molecular formula is C20H26ClN3O2S. The molecule has 2 amide bonds. The van der Waals surface area contributed by atoms with Gasteiger partial charge in [-0.15, -0.1) is 23.7 Å². The van der Waals surface area contributed by atoms with E-state index >= 15 is 0 Å². The highest BCUT2D eigenvalue weighted by molar-refractivity contribution is 7.12. The zero-order valence-corrected chi connectivity index (χ0v) is 17.0. The van der Waals surface area contributed by atoms with Crippen LogP contribution in [0.4, 0.5) is 11.4 Å². The smallest absolute Gasteiger partial charge is 0.265 e. The van der Waals surface area contributed by atoms with Crippen molar-refractivity contribution < 1.29 is 9.59 Å². The molecule has 2 aromatic rings. The number of halogens is 1. The molecule has 1 aliphatic heterocycles. The predicted molar refractivity (Wildman–Crippen MR) is 114 cm³/mol. The van der Waals surface area contributed by atoms with Crippen molar-refractivity contribution in [1.82, 2.24) is 5.32 Å². The molecule has 1 aliphatic rings. The first-order chi connectivity index (χ1) is 12.6. The fourth-order valence-electron chi connectivity index (χ4n) is 3.36. The molecule has 1 unspecified atom stereocenters. The van der Waals surface area contributed by atoms with Crippen LogP contribution >= 0.6 is 23.7 Å². The van der Waals surface area contributed by atoms with Crippen LogP contribution in [-0.4, -0.2) is 24.9 Å². The Morgan fingerprint density at radius 3 is 2.52 bits per heavy atom. The molecule has 1 aromatic heterocycles. The summed E-state index contributed by atoms with van der Waals surface area (Å²) < 4.78 is 0. The van der Waals surface area contributed by atoms with Crippen LogP contribution < -0.4 is 16.0 Å². The molecule has 1 saturated heterocycles. The molecule has 7 heteroatoms. The molecule has 0 aliphatic carbocycles. The maximum absolute atomic E-state index is 12.4. The highest BCUT2D eigenvalue weighted by Crippen LogP contribution is 2.25. The summed E-state index contributed by atoms with van der Waals surface area (Å²) in [5, 5.41) is 11.1. The fraction of sp³-hybridized carbons (Fsp3) is 0.400. The third kappa shape index (κ3) is 6.34. The van der Waals surface area contributed by atoms with E-state index in [0.717, 1.165) is 25.9 Å². The van der Waals surface area contributed by atoms with Crippen LogP contribution in [-0.2, 0) is 4.79 Å². The van der Waals surface area contributed by atoms with Crippen molar-refractivity contribution in [2.45, 2.75) is 26.2 Å². The highest BCUT2D eigenvalue weighted by Gasteiger charge is 2.22. The van der Waals surface area contributed by atoms with Crippen LogP contribution in [0.1, 0.15) is 35.9 Å². The molecule has 3 rings (SSSR count). The Morgan fingerprint density at radius 1 is 1.15 bits per heavy atom. The first-order valence-electron chi connectivity index (χ1n) is 9.07. The summed E-state index contributed by atoms with van der Waals surface area (Å²) in [5.74, 6) is 0.873. The van der Waals surface area contributed by atoms with Crippen molar-refractivity contribution in [3.05, 3.63) is 46.7 Å². The van der Waals surface area contributed by atoms with Crippen molar-refractivity contribution in [1.29, 1.82) is 0 Å². The van der Waals surface area contributed by atoms with Gasteiger partial charge in [0.2, 0.25) is 5.91 Å². The lowest BCUT2D eigenvalue weighted by Gasteiger charge is -2.27. The summed E-state index contributed by atoms with van der Waals surface area (Å²) in [6, 6.07) is 10.9. The van der Waals surface area contributed by atoms with Gasteiger partial charge in [0.1, 0.15) is 0 Å². The number of nitrogens with one attached hydrogen (secondary N) is 3. The standard InChI is InChI=1S/C20H25N3O2S.ClH/c1-14(15-7-9-21-10-8-15)12-19(24)22-16-4-2-5-17(13-16)23-20(25)18-6-3-11-26-18;/h2-6,11,13-15,21H,7-10,12H2,1H3,(H,22,24)(H,23,25);1H. The van der Waals surface area contributed by atoms with Crippen LogP contribution in [0.25, 0.3) is 0 Å². The van der Waals surface area contributed by atoms with Gasteiger partial charge in [-0.05, 0) is 67.4 Å². The Morgan fingerprint density at radius 2 is 1.85 bits per heavy atom. The van der Waals surface area contributed by atoms with Crippen LogP contribution in [0, 0.1) is 11.8 Å². The van der Waals surface area contributed by atoms with Gasteiger partial charge in [0.15, 0.2) is 0 Å². The van der Waals surface area contributed by atoms with Crippen LogP contribution in [0.15, 0.2) is 41.8 Å². The second kappa shape index (κ2) is 10.4. The van der Waals surface area contributed by atoms with Gasteiger partial charge in [0.25, 0.3) is 5.91 Å². The second-order valence-corrected chi connectivity index (χ2v) is 7.78. The predicted octanol–water partition coefficient (Wildman–Crippen LogP) is 4.39. The van der Waals surface area contributed by atoms with E-state index in [-0.39, 0.29) is 24.2 Å². The molecule has 0 spiro atoms. The van der Waals surface area contributed by atoms with Crippen LogP contribution in [0.5, 0.6) is 0 Å². The number of hydrogen-bond donors (Lipinski definition) is 3. The molecular weight excluding hydrogens is 382 g/mol. The van der Waals surface area contributed by atoms with E-state index in [4.69, 9.17) is 0 Å². The molecule has 1 atom stereocenters. The SMILES string of the molecule is CC(CC(=O)Nc1cccc(NC(=O)c2cccs2)c1)C1CCNCC1.Cl. The summed E-state index contributed by atoms with van der Waals surface area (Å²) in [4.78, 5) is 25.2. The number of anilines is 2. The Labute approximate surface area is 170 Å². The van der Waals surface area contributed by atoms with Crippen molar-refractivity contribution in [2.75, 3.05) is 23.7 Å². The number of piperidine rings is 1. The van der Waals surface area contributed by atoms with E-state index in [1.165, 1.54) is 11.3 Å². The summed E-state index contributed by atoms with van der Waals surface area (Å²) in [7, 11) is 0. The molecule has 146 valence electrons. The molecule has 1 fully saturated rings. The molecule has 0 saturated carbocycles. The minimum Gasteiger partial charge on any atom is -0.326 e. The third-order valence-corrected chi connectivity index (χ3v) is 5.71. The van der Waals surface area contributed by atoms with E-state index in [2.05, 4.69) is 22.9 Å². The van der Waals surface area contributed by atoms with Crippen molar-refractivity contribution >= 4 is 46.9 Å². The summed E-state index contributed by atoms with van der Waals surface area (Å²) in [6.45, 7) is 4.25. The average molecular weight is 408 g/mol. The molecule has 0 bridgehead atoms. The molecule has 5 nitrogen and oxygen atoms in total. The first kappa shape index (κ1) is 21.4. The Hall–Kier alpha value is -1.89. The number of carbonyl (C=O) groups is 2. The first-order valence-corrected chi connectivity index (χ1v) is 9.95. The molecule has 0 radical (unpaired) electrons. The van der Waals surface area contributed by atoms with Gasteiger partial charge >= 0.3 is 0 Å². The van der Waals surface area contributed by atoms with Crippen molar-refractivity contribution in [2.24, 2.45) is 11.8 Å². The molecule has 27 heavy (non-hydrogen) atoms. The van der Waals surface area contributed by atoms with Crippen molar-refractivity contribution in [3.8, 4) is 0 Å². The maximum atomic E-state index is 12.4. The molecule has 2 heterocycles. The van der Waals surface area contributed by atoms with E-state index in [0.29, 0.717) is 34.5 Å². The monoisotopic (exact) mass is 407 g/mol. The number of carbonyl (C=O) groups excluding carboxylic acids is 2. The molecule has 1 aromatic carbocycles. The molecule has 3 N–H and O–H groups in total. The highest BCUT2D eigenvalue weighted by atomic mass is 35.5. The number of rotatable bonds is 6. The average Bonchev–Trinajstić information content (AvgIpc) is 3.17. The summed E-state index contributed by atoms with van der Waals surface area (Å²) in [5.41, 5.74) is 1.38. The van der Waals surface area contributed by atoms with E-state index in [1.807, 2.05) is 29.6 Å². The fourth-order valence-corrected chi connectivity index (χ4v) is 3.98. The number of hydrogen-bond acceptors (Lipinski definition) is 4. The van der Waals surface area contributed by atoms with Gasteiger partial charge in [-0.3, -0.25) is 9.59 Å².